The van der Waals surface area contributed by atoms with Gasteiger partial charge in [-0.15, -0.1) is 0 Å². The Morgan fingerprint density at radius 2 is 1.80 bits per heavy atom. The molecule has 0 amide bonds. The van der Waals surface area contributed by atoms with Crippen LogP contribution < -0.4 is 4.90 Å². The molecule has 2 rings (SSSR count). The van der Waals surface area contributed by atoms with Crippen molar-refractivity contribution in [2.24, 2.45) is 0 Å². The molecule has 0 saturated carbocycles. The van der Waals surface area contributed by atoms with Gasteiger partial charge in [0, 0.05) is 44.2 Å². The largest absolute Gasteiger partial charge is 0.354 e. The summed E-state index contributed by atoms with van der Waals surface area (Å²) in [5, 5.41) is 0. The van der Waals surface area contributed by atoms with Gasteiger partial charge in [-0.1, -0.05) is 20.8 Å². The first-order valence-corrected chi connectivity index (χ1v) is 8.34. The van der Waals surface area contributed by atoms with E-state index in [1.807, 2.05) is 6.07 Å². The standard InChI is InChI=1S/C15H25BrN4/c1-5-12(4)19-6-8-20(9-7-19)14-10-13(16)17-15(18-14)11(2)3/h10-12H,5-9H2,1-4H3. The number of halogens is 1. The molecule has 0 bridgehead atoms. The highest BCUT2D eigenvalue weighted by Gasteiger charge is 2.21. The first-order valence-electron chi connectivity index (χ1n) is 7.54. The monoisotopic (exact) mass is 340 g/mol. The van der Waals surface area contributed by atoms with Gasteiger partial charge in [-0.05, 0) is 29.3 Å². The van der Waals surface area contributed by atoms with Crippen molar-refractivity contribution in [2.75, 3.05) is 31.1 Å². The minimum absolute atomic E-state index is 0.354. The summed E-state index contributed by atoms with van der Waals surface area (Å²) < 4.78 is 0.885. The van der Waals surface area contributed by atoms with E-state index < -0.39 is 0 Å². The molecule has 5 heteroatoms. The highest BCUT2D eigenvalue weighted by molar-refractivity contribution is 9.10. The average molecular weight is 341 g/mol. The molecule has 1 fully saturated rings. The summed E-state index contributed by atoms with van der Waals surface area (Å²) in [7, 11) is 0. The third-order valence-corrected chi connectivity index (χ3v) is 4.47. The van der Waals surface area contributed by atoms with E-state index in [4.69, 9.17) is 4.98 Å². The normalized spacial score (nSPS) is 18.6. The lowest BCUT2D eigenvalue weighted by atomic mass is 10.2. The molecular weight excluding hydrogens is 316 g/mol. The first kappa shape index (κ1) is 15.7. The molecule has 0 spiro atoms. The maximum Gasteiger partial charge on any atom is 0.134 e. The van der Waals surface area contributed by atoms with Gasteiger partial charge in [0.05, 0.1) is 0 Å². The fraction of sp³-hybridized carbons (Fsp3) is 0.733. The first-order chi connectivity index (χ1) is 9.51. The van der Waals surface area contributed by atoms with Gasteiger partial charge in [-0.25, -0.2) is 9.97 Å². The Hall–Kier alpha value is -0.680. The number of hydrogen-bond donors (Lipinski definition) is 0. The average Bonchev–Trinajstić information content (AvgIpc) is 2.46. The van der Waals surface area contributed by atoms with Crippen LogP contribution in [0.2, 0.25) is 0 Å². The van der Waals surface area contributed by atoms with Crippen molar-refractivity contribution in [1.82, 2.24) is 14.9 Å². The lowest BCUT2D eigenvalue weighted by Gasteiger charge is -2.38. The van der Waals surface area contributed by atoms with Gasteiger partial charge in [0.2, 0.25) is 0 Å². The molecule has 20 heavy (non-hydrogen) atoms. The molecule has 1 aromatic heterocycles. The van der Waals surface area contributed by atoms with E-state index in [-0.39, 0.29) is 0 Å². The van der Waals surface area contributed by atoms with Crippen LogP contribution in [0, 0.1) is 0 Å². The number of rotatable bonds is 4. The van der Waals surface area contributed by atoms with E-state index in [0.717, 1.165) is 42.4 Å². The van der Waals surface area contributed by atoms with Crippen LogP contribution in [0.3, 0.4) is 0 Å². The Labute approximate surface area is 130 Å². The van der Waals surface area contributed by atoms with Crippen molar-refractivity contribution in [3.05, 3.63) is 16.5 Å². The van der Waals surface area contributed by atoms with Gasteiger partial charge >= 0.3 is 0 Å². The molecule has 1 unspecified atom stereocenters. The van der Waals surface area contributed by atoms with Crippen LogP contribution in [0.5, 0.6) is 0 Å². The maximum atomic E-state index is 4.71. The molecule has 1 aromatic rings. The molecule has 1 aliphatic heterocycles. The summed E-state index contributed by atoms with van der Waals surface area (Å²) in [5.41, 5.74) is 0. The molecule has 2 heterocycles. The highest BCUT2D eigenvalue weighted by atomic mass is 79.9. The van der Waals surface area contributed by atoms with Crippen molar-refractivity contribution in [3.63, 3.8) is 0 Å². The smallest absolute Gasteiger partial charge is 0.134 e. The molecule has 0 radical (unpaired) electrons. The number of nitrogens with zero attached hydrogens (tertiary/aromatic N) is 4. The van der Waals surface area contributed by atoms with Gasteiger partial charge in [0.25, 0.3) is 0 Å². The van der Waals surface area contributed by atoms with Crippen LogP contribution in [0.25, 0.3) is 0 Å². The number of hydrogen-bond acceptors (Lipinski definition) is 4. The Balaban J connectivity index is 2.07. The Kier molecular flexibility index (Phi) is 5.38. The van der Waals surface area contributed by atoms with E-state index >= 15 is 0 Å². The third kappa shape index (κ3) is 3.70. The van der Waals surface area contributed by atoms with E-state index in [9.17, 15) is 0 Å². The van der Waals surface area contributed by atoms with Crippen LogP contribution in [0.4, 0.5) is 5.82 Å². The van der Waals surface area contributed by atoms with E-state index in [1.165, 1.54) is 6.42 Å². The minimum Gasteiger partial charge on any atom is -0.354 e. The van der Waals surface area contributed by atoms with Gasteiger partial charge in [0.1, 0.15) is 16.2 Å². The number of aromatic nitrogens is 2. The summed E-state index contributed by atoms with van der Waals surface area (Å²) in [6.07, 6.45) is 1.22. The van der Waals surface area contributed by atoms with E-state index in [0.29, 0.717) is 12.0 Å². The lowest BCUT2D eigenvalue weighted by Crippen LogP contribution is -2.49. The predicted molar refractivity (Wildman–Crippen MR) is 87.4 cm³/mol. The van der Waals surface area contributed by atoms with Crippen LogP contribution in [0.15, 0.2) is 10.7 Å². The summed E-state index contributed by atoms with van der Waals surface area (Å²) in [4.78, 5) is 14.1. The Bertz CT molecular complexity index is 441. The second kappa shape index (κ2) is 6.85. The zero-order valence-electron chi connectivity index (χ0n) is 12.9. The Morgan fingerprint density at radius 1 is 1.15 bits per heavy atom. The summed E-state index contributed by atoms with van der Waals surface area (Å²) in [5.74, 6) is 2.32. The molecule has 0 aromatic carbocycles. The second-order valence-corrected chi connectivity index (χ2v) is 6.65. The minimum atomic E-state index is 0.354. The topological polar surface area (TPSA) is 32.3 Å². The SMILES string of the molecule is CCC(C)N1CCN(c2cc(Br)nc(C(C)C)n2)CC1. The Morgan fingerprint density at radius 3 is 2.35 bits per heavy atom. The third-order valence-electron chi connectivity index (χ3n) is 4.07. The van der Waals surface area contributed by atoms with E-state index in [1.54, 1.807) is 0 Å². The van der Waals surface area contributed by atoms with Crippen molar-refractivity contribution < 1.29 is 0 Å². The van der Waals surface area contributed by atoms with Crippen LogP contribution >= 0.6 is 15.9 Å². The molecule has 112 valence electrons. The zero-order valence-corrected chi connectivity index (χ0v) is 14.5. The molecule has 1 saturated heterocycles. The summed E-state index contributed by atoms with van der Waals surface area (Å²) in [6, 6.07) is 2.71. The number of piperazine rings is 1. The molecule has 1 atom stereocenters. The fourth-order valence-corrected chi connectivity index (χ4v) is 2.88. The highest BCUT2D eigenvalue weighted by Crippen LogP contribution is 2.22. The molecule has 0 aliphatic carbocycles. The van der Waals surface area contributed by atoms with Crippen molar-refractivity contribution in [1.29, 1.82) is 0 Å². The van der Waals surface area contributed by atoms with Gasteiger partial charge in [-0.3, -0.25) is 4.90 Å². The van der Waals surface area contributed by atoms with Crippen molar-refractivity contribution in [3.8, 4) is 0 Å². The fourth-order valence-electron chi connectivity index (χ4n) is 2.49. The molecular formula is C15H25BrN4. The van der Waals surface area contributed by atoms with E-state index in [2.05, 4.69) is 58.4 Å². The maximum absolute atomic E-state index is 4.71. The summed E-state index contributed by atoms with van der Waals surface area (Å²) in [6.45, 7) is 13.2. The summed E-state index contributed by atoms with van der Waals surface area (Å²) >= 11 is 3.51. The lowest BCUT2D eigenvalue weighted by molar-refractivity contribution is 0.192. The van der Waals surface area contributed by atoms with Crippen molar-refractivity contribution in [2.45, 2.75) is 46.1 Å². The van der Waals surface area contributed by atoms with Gasteiger partial charge < -0.3 is 4.90 Å². The quantitative estimate of drug-likeness (QED) is 0.787. The molecule has 1 aliphatic rings. The predicted octanol–water partition coefficient (Wildman–Crippen LogP) is 3.28. The number of anilines is 1. The van der Waals surface area contributed by atoms with Crippen LogP contribution in [-0.4, -0.2) is 47.1 Å². The van der Waals surface area contributed by atoms with Gasteiger partial charge in [-0.2, -0.15) is 0 Å². The van der Waals surface area contributed by atoms with Gasteiger partial charge in [0.15, 0.2) is 0 Å². The molecule has 0 N–H and O–H groups in total. The molecule has 4 nitrogen and oxygen atoms in total. The second-order valence-electron chi connectivity index (χ2n) is 5.84. The van der Waals surface area contributed by atoms with Crippen LogP contribution in [-0.2, 0) is 0 Å². The van der Waals surface area contributed by atoms with Crippen LogP contribution in [0.1, 0.15) is 45.9 Å². The zero-order chi connectivity index (χ0) is 14.7. The van der Waals surface area contributed by atoms with Crippen molar-refractivity contribution >= 4 is 21.7 Å².